The van der Waals surface area contributed by atoms with Crippen LogP contribution in [0.4, 0.5) is 18.9 Å². The van der Waals surface area contributed by atoms with E-state index in [-0.39, 0.29) is 5.11 Å². The number of halogens is 3. The lowest BCUT2D eigenvalue weighted by Gasteiger charge is -2.11. The molecule has 7 heteroatoms. The van der Waals surface area contributed by atoms with E-state index in [1.165, 1.54) is 11.6 Å². The molecule has 0 radical (unpaired) electrons. The summed E-state index contributed by atoms with van der Waals surface area (Å²) in [4.78, 5) is 0. The molecule has 0 atom stereocenters. The van der Waals surface area contributed by atoms with Crippen molar-refractivity contribution in [3.05, 3.63) is 65.2 Å². The number of alkyl halides is 3. The van der Waals surface area contributed by atoms with Crippen LogP contribution in [0, 0.1) is 0 Å². The SMILES string of the molecule is C/C(=N\NC(=S)Nc1ccc(C(C)C)cc1)c1cccc(C(F)(F)F)c1. The lowest BCUT2D eigenvalue weighted by atomic mass is 10.0. The van der Waals surface area contributed by atoms with Gasteiger partial charge in [-0.2, -0.15) is 18.3 Å². The van der Waals surface area contributed by atoms with E-state index in [2.05, 4.69) is 29.7 Å². The highest BCUT2D eigenvalue weighted by atomic mass is 32.1. The summed E-state index contributed by atoms with van der Waals surface area (Å²) < 4.78 is 38.3. The van der Waals surface area contributed by atoms with Crippen LogP contribution in [0.15, 0.2) is 53.6 Å². The van der Waals surface area contributed by atoms with E-state index in [0.717, 1.165) is 17.8 Å². The van der Waals surface area contributed by atoms with Crippen molar-refractivity contribution in [2.45, 2.75) is 32.9 Å². The number of rotatable bonds is 4. The van der Waals surface area contributed by atoms with Crippen LogP contribution in [0.1, 0.15) is 43.4 Å². The lowest BCUT2D eigenvalue weighted by Crippen LogP contribution is -2.25. The smallest absolute Gasteiger partial charge is 0.331 e. The third kappa shape index (κ3) is 5.56. The quantitative estimate of drug-likeness (QED) is 0.416. The van der Waals surface area contributed by atoms with E-state index in [4.69, 9.17) is 12.2 Å². The Hall–Kier alpha value is -2.41. The normalized spacial score (nSPS) is 12.2. The van der Waals surface area contributed by atoms with Crippen molar-refractivity contribution >= 4 is 28.7 Å². The number of hydrazone groups is 1. The average molecular weight is 379 g/mol. The van der Waals surface area contributed by atoms with E-state index in [1.54, 1.807) is 13.0 Å². The summed E-state index contributed by atoms with van der Waals surface area (Å²) in [5.74, 6) is 0.439. The van der Waals surface area contributed by atoms with Crippen LogP contribution >= 0.6 is 12.2 Å². The molecule has 0 bridgehead atoms. The third-order valence-corrected chi connectivity index (χ3v) is 3.96. The third-order valence-electron chi connectivity index (χ3n) is 3.77. The molecule has 2 N–H and O–H groups in total. The Bertz CT molecular complexity index is 796. The topological polar surface area (TPSA) is 36.4 Å². The molecule has 138 valence electrons. The van der Waals surface area contributed by atoms with Gasteiger partial charge < -0.3 is 5.32 Å². The Kier molecular flexibility index (Phi) is 6.37. The van der Waals surface area contributed by atoms with E-state index >= 15 is 0 Å². The van der Waals surface area contributed by atoms with Crippen LogP contribution in [0.2, 0.25) is 0 Å². The first-order valence-electron chi connectivity index (χ1n) is 8.05. The van der Waals surface area contributed by atoms with Gasteiger partial charge in [-0.1, -0.05) is 38.1 Å². The first-order valence-corrected chi connectivity index (χ1v) is 8.46. The fourth-order valence-electron chi connectivity index (χ4n) is 2.23. The van der Waals surface area contributed by atoms with Gasteiger partial charge in [-0.3, -0.25) is 5.43 Å². The fraction of sp³-hybridized carbons (Fsp3) is 0.263. The Morgan fingerprint density at radius 2 is 1.73 bits per heavy atom. The number of nitrogens with one attached hydrogen (secondary N) is 2. The zero-order chi connectivity index (χ0) is 19.3. The number of thiocarbonyl (C=S) groups is 1. The molecule has 2 rings (SSSR count). The van der Waals surface area contributed by atoms with Gasteiger partial charge in [0.15, 0.2) is 5.11 Å². The largest absolute Gasteiger partial charge is 0.416 e. The predicted octanol–water partition coefficient (Wildman–Crippen LogP) is 5.54. The Morgan fingerprint density at radius 1 is 1.08 bits per heavy atom. The Balaban J connectivity index is 2.01. The predicted molar refractivity (Wildman–Crippen MR) is 104 cm³/mol. The summed E-state index contributed by atoms with van der Waals surface area (Å²) >= 11 is 5.16. The van der Waals surface area contributed by atoms with Crippen LogP contribution in [0.3, 0.4) is 0 Å². The van der Waals surface area contributed by atoms with Gasteiger partial charge in [0.05, 0.1) is 11.3 Å². The van der Waals surface area contributed by atoms with Crippen molar-refractivity contribution in [3.8, 4) is 0 Å². The second-order valence-corrected chi connectivity index (χ2v) is 6.53. The summed E-state index contributed by atoms with van der Waals surface area (Å²) in [5.41, 5.74) is 4.73. The molecular weight excluding hydrogens is 359 g/mol. The lowest BCUT2D eigenvalue weighted by molar-refractivity contribution is -0.137. The van der Waals surface area contributed by atoms with Crippen LogP contribution in [0.25, 0.3) is 0 Å². The monoisotopic (exact) mass is 379 g/mol. The minimum absolute atomic E-state index is 0.258. The minimum Gasteiger partial charge on any atom is -0.331 e. The second kappa shape index (κ2) is 8.31. The Morgan fingerprint density at radius 3 is 2.31 bits per heavy atom. The highest BCUT2D eigenvalue weighted by Crippen LogP contribution is 2.29. The number of hydrogen-bond donors (Lipinski definition) is 2. The molecule has 2 aromatic rings. The summed E-state index contributed by atoms with van der Waals surface area (Å²) in [6, 6.07) is 12.8. The molecule has 0 amide bonds. The molecule has 0 fully saturated rings. The number of hydrogen-bond acceptors (Lipinski definition) is 2. The minimum atomic E-state index is -4.39. The maximum atomic E-state index is 12.8. The molecule has 0 spiro atoms. The first-order chi connectivity index (χ1) is 12.2. The molecule has 26 heavy (non-hydrogen) atoms. The Labute approximate surface area is 156 Å². The van der Waals surface area contributed by atoms with Crippen molar-refractivity contribution in [2.75, 3.05) is 5.32 Å². The van der Waals surface area contributed by atoms with Crippen LogP contribution in [0.5, 0.6) is 0 Å². The highest BCUT2D eigenvalue weighted by Gasteiger charge is 2.30. The maximum absolute atomic E-state index is 12.8. The van der Waals surface area contributed by atoms with E-state index < -0.39 is 11.7 Å². The van der Waals surface area contributed by atoms with Crippen molar-refractivity contribution in [2.24, 2.45) is 5.10 Å². The molecule has 3 nitrogen and oxygen atoms in total. The van der Waals surface area contributed by atoms with Crippen LogP contribution < -0.4 is 10.7 Å². The highest BCUT2D eigenvalue weighted by molar-refractivity contribution is 7.80. The summed E-state index contributed by atoms with van der Waals surface area (Å²) in [7, 11) is 0. The van der Waals surface area contributed by atoms with Gasteiger partial charge >= 0.3 is 6.18 Å². The van der Waals surface area contributed by atoms with Gasteiger partial charge in [0.25, 0.3) is 0 Å². The molecule has 2 aromatic carbocycles. The van der Waals surface area contributed by atoms with Gasteiger partial charge in [0, 0.05) is 5.69 Å². The van der Waals surface area contributed by atoms with Crippen LogP contribution in [-0.4, -0.2) is 10.8 Å². The average Bonchev–Trinajstić information content (AvgIpc) is 2.59. The molecule has 0 aliphatic rings. The van der Waals surface area contributed by atoms with Gasteiger partial charge in [-0.25, -0.2) is 0 Å². The van der Waals surface area contributed by atoms with Crippen molar-refractivity contribution in [1.29, 1.82) is 0 Å². The summed E-state index contributed by atoms with van der Waals surface area (Å²) in [6.45, 7) is 5.84. The van der Waals surface area contributed by atoms with Crippen molar-refractivity contribution in [3.63, 3.8) is 0 Å². The molecule has 0 heterocycles. The van der Waals surface area contributed by atoms with Crippen molar-refractivity contribution < 1.29 is 13.2 Å². The van der Waals surface area contributed by atoms with Crippen LogP contribution in [-0.2, 0) is 6.18 Å². The van der Waals surface area contributed by atoms with Gasteiger partial charge in [-0.05, 0) is 60.5 Å². The van der Waals surface area contributed by atoms with Gasteiger partial charge in [-0.15, -0.1) is 0 Å². The molecule has 0 aliphatic heterocycles. The molecule has 0 unspecified atom stereocenters. The summed E-state index contributed by atoms with van der Waals surface area (Å²) in [6.07, 6.45) is -4.39. The first kappa shape index (κ1) is 19.9. The molecule has 0 saturated heterocycles. The maximum Gasteiger partial charge on any atom is 0.416 e. The summed E-state index contributed by atoms with van der Waals surface area (Å²) in [5, 5.41) is 7.30. The molecule has 0 saturated carbocycles. The number of nitrogens with zero attached hydrogens (tertiary/aromatic N) is 1. The van der Waals surface area contributed by atoms with E-state index in [9.17, 15) is 13.2 Å². The molecular formula is C19H20F3N3S. The fourth-order valence-corrected chi connectivity index (χ4v) is 2.39. The van der Waals surface area contributed by atoms with E-state index in [1.807, 2.05) is 24.3 Å². The number of benzene rings is 2. The van der Waals surface area contributed by atoms with Crippen molar-refractivity contribution in [1.82, 2.24) is 5.43 Å². The standard InChI is InChI=1S/C19H20F3N3S/c1-12(2)14-7-9-17(10-8-14)23-18(26)25-24-13(3)15-5-4-6-16(11-15)19(20,21)22/h4-12H,1-3H3,(H2,23,25,26)/b24-13+. The molecule has 0 aromatic heterocycles. The molecule has 0 aliphatic carbocycles. The second-order valence-electron chi connectivity index (χ2n) is 6.12. The number of anilines is 1. The van der Waals surface area contributed by atoms with Gasteiger partial charge in [0.2, 0.25) is 0 Å². The zero-order valence-corrected chi connectivity index (χ0v) is 15.5. The van der Waals surface area contributed by atoms with Gasteiger partial charge in [0.1, 0.15) is 0 Å². The van der Waals surface area contributed by atoms with E-state index in [0.29, 0.717) is 17.2 Å². The zero-order valence-electron chi connectivity index (χ0n) is 14.7.